The number of aliphatic hydroxyl groups is 1. The Morgan fingerprint density at radius 2 is 1.94 bits per heavy atom. The summed E-state index contributed by atoms with van der Waals surface area (Å²) in [5.41, 5.74) is 4.49. The van der Waals surface area contributed by atoms with Gasteiger partial charge >= 0.3 is 0 Å². The lowest BCUT2D eigenvalue weighted by Gasteiger charge is -2.52. The summed E-state index contributed by atoms with van der Waals surface area (Å²) < 4.78 is 0. The van der Waals surface area contributed by atoms with Crippen molar-refractivity contribution in [2.45, 2.75) is 63.0 Å². The van der Waals surface area contributed by atoms with E-state index in [9.17, 15) is 9.90 Å². The van der Waals surface area contributed by atoms with Gasteiger partial charge in [-0.15, -0.1) is 5.92 Å². The van der Waals surface area contributed by atoms with Crippen molar-refractivity contribution >= 4 is 5.91 Å². The van der Waals surface area contributed by atoms with Gasteiger partial charge in [-0.3, -0.25) is 9.78 Å². The highest BCUT2D eigenvalue weighted by molar-refractivity contribution is 5.94. The maximum Gasteiger partial charge on any atom is 0.251 e. The highest BCUT2D eigenvalue weighted by Gasteiger charge is 2.51. The Hall–Kier alpha value is -3.42. The largest absolute Gasteiger partial charge is 0.378 e. The molecule has 0 radical (unpaired) electrons. The molecule has 4 heteroatoms. The average Bonchev–Trinajstić information content (AvgIpc) is 2.89. The summed E-state index contributed by atoms with van der Waals surface area (Å²) in [7, 11) is 0. The maximum absolute atomic E-state index is 12.9. The van der Waals surface area contributed by atoms with Crippen molar-refractivity contribution in [3.8, 4) is 11.8 Å². The molecule has 0 bridgehead atoms. The third kappa shape index (κ3) is 4.74. The molecule has 1 heterocycles. The van der Waals surface area contributed by atoms with Crippen LogP contribution in [0.5, 0.6) is 0 Å². The highest BCUT2D eigenvalue weighted by atomic mass is 16.3. The van der Waals surface area contributed by atoms with E-state index in [2.05, 4.69) is 64.6 Å². The first-order valence-corrected chi connectivity index (χ1v) is 12.5. The minimum absolute atomic E-state index is 0.0560. The quantitative estimate of drug-likeness (QED) is 0.523. The molecular weight excluding hydrogens is 432 g/mol. The second-order valence-corrected chi connectivity index (χ2v) is 10.0. The van der Waals surface area contributed by atoms with Crippen LogP contribution in [0.4, 0.5) is 0 Å². The Morgan fingerprint density at radius 1 is 1.11 bits per heavy atom. The van der Waals surface area contributed by atoms with Crippen LogP contribution in [0.15, 0.2) is 72.9 Å². The van der Waals surface area contributed by atoms with Gasteiger partial charge in [0.25, 0.3) is 5.91 Å². The molecule has 2 aliphatic rings. The van der Waals surface area contributed by atoms with Crippen LogP contribution in [0.25, 0.3) is 0 Å². The number of aryl methyl sites for hydroxylation is 1. The Kier molecular flexibility index (Phi) is 6.45. The number of nitrogens with one attached hydrogen (secondary N) is 1. The molecule has 1 saturated carbocycles. The monoisotopic (exact) mass is 464 g/mol. The second kappa shape index (κ2) is 9.68. The van der Waals surface area contributed by atoms with Gasteiger partial charge in [0, 0.05) is 17.2 Å². The average molecular weight is 465 g/mol. The van der Waals surface area contributed by atoms with E-state index in [0.717, 1.165) is 31.4 Å². The summed E-state index contributed by atoms with van der Waals surface area (Å²) in [4.78, 5) is 17.2. The molecule has 0 spiro atoms. The maximum atomic E-state index is 12.9. The number of carbonyl (C=O) groups excluding carboxylic acids is 1. The fourth-order valence-corrected chi connectivity index (χ4v) is 6.24. The van der Waals surface area contributed by atoms with Gasteiger partial charge in [0.15, 0.2) is 0 Å². The van der Waals surface area contributed by atoms with Crippen LogP contribution in [-0.2, 0) is 24.8 Å². The first-order chi connectivity index (χ1) is 17.0. The smallest absolute Gasteiger partial charge is 0.251 e. The van der Waals surface area contributed by atoms with Crippen LogP contribution in [0, 0.1) is 17.8 Å². The van der Waals surface area contributed by atoms with Gasteiger partial charge in [0.2, 0.25) is 0 Å². The zero-order valence-electron chi connectivity index (χ0n) is 20.3. The Balaban J connectivity index is 1.45. The van der Waals surface area contributed by atoms with Crippen molar-refractivity contribution in [3.05, 3.63) is 101 Å². The van der Waals surface area contributed by atoms with Crippen LogP contribution in [-0.4, -0.2) is 21.6 Å². The summed E-state index contributed by atoms with van der Waals surface area (Å²) in [5, 5.41) is 14.2. The van der Waals surface area contributed by atoms with Gasteiger partial charge in [-0.2, -0.15) is 0 Å². The molecule has 2 aliphatic carbocycles. The van der Waals surface area contributed by atoms with E-state index in [0.29, 0.717) is 30.9 Å². The topological polar surface area (TPSA) is 62.2 Å². The van der Waals surface area contributed by atoms with E-state index >= 15 is 0 Å². The fourth-order valence-electron chi connectivity index (χ4n) is 6.24. The number of carbonyl (C=O) groups is 1. The fraction of sp³-hybridized carbons (Fsp3) is 0.355. The van der Waals surface area contributed by atoms with E-state index in [1.807, 2.05) is 24.3 Å². The molecule has 178 valence electrons. The second-order valence-electron chi connectivity index (χ2n) is 10.0. The van der Waals surface area contributed by atoms with Crippen molar-refractivity contribution in [1.82, 2.24) is 10.3 Å². The Labute approximate surface area is 207 Å². The number of hydrogen-bond acceptors (Lipinski definition) is 3. The molecule has 3 aromatic rings. The van der Waals surface area contributed by atoms with Gasteiger partial charge < -0.3 is 10.4 Å². The summed E-state index contributed by atoms with van der Waals surface area (Å²) in [6.07, 6.45) is 6.83. The van der Waals surface area contributed by atoms with Crippen LogP contribution in [0.1, 0.15) is 65.3 Å². The molecule has 1 aromatic heterocycles. The standard InChI is InChI=1S/C31H32N2O2/c1-2-15-30(35)16-17-31(20-23-8-4-3-5-9-23)26(21-30)13-11-24-19-25(12-14-28(24)31)29(34)33-22-27-10-6-7-18-32-27/h3-10,12,14,18-19,26,35H,11,13,16-17,20-22H2,1H3,(H,33,34)/t26-,30-,31+/m1/s1. The van der Waals surface area contributed by atoms with E-state index in [1.54, 1.807) is 13.1 Å². The van der Waals surface area contributed by atoms with E-state index in [4.69, 9.17) is 0 Å². The molecule has 4 nitrogen and oxygen atoms in total. The zero-order chi connectivity index (χ0) is 24.3. The number of pyridine rings is 1. The molecule has 1 amide bonds. The van der Waals surface area contributed by atoms with Gasteiger partial charge in [0.1, 0.15) is 5.60 Å². The minimum atomic E-state index is -0.900. The number of fused-ring (bicyclic) bond motifs is 3. The number of hydrogen-bond donors (Lipinski definition) is 2. The Bertz CT molecular complexity index is 1260. The van der Waals surface area contributed by atoms with Crippen molar-refractivity contribution in [2.75, 3.05) is 0 Å². The lowest BCUT2D eigenvalue weighted by atomic mass is 9.52. The van der Waals surface area contributed by atoms with Crippen molar-refractivity contribution in [3.63, 3.8) is 0 Å². The number of benzene rings is 2. The predicted octanol–water partition coefficient (Wildman–Crippen LogP) is 4.99. The van der Waals surface area contributed by atoms with E-state index in [-0.39, 0.29) is 11.3 Å². The molecule has 0 unspecified atom stereocenters. The molecule has 0 aliphatic heterocycles. The predicted molar refractivity (Wildman–Crippen MR) is 138 cm³/mol. The van der Waals surface area contributed by atoms with Gasteiger partial charge in [0.05, 0.1) is 12.2 Å². The van der Waals surface area contributed by atoms with Crippen LogP contribution in [0.3, 0.4) is 0 Å². The minimum Gasteiger partial charge on any atom is -0.378 e. The summed E-state index contributed by atoms with van der Waals surface area (Å²) in [6, 6.07) is 22.6. The van der Waals surface area contributed by atoms with Crippen molar-refractivity contribution in [2.24, 2.45) is 5.92 Å². The number of rotatable bonds is 5. The van der Waals surface area contributed by atoms with Crippen LogP contribution >= 0.6 is 0 Å². The Morgan fingerprint density at radius 3 is 2.71 bits per heavy atom. The van der Waals surface area contributed by atoms with Crippen molar-refractivity contribution in [1.29, 1.82) is 0 Å². The zero-order valence-corrected chi connectivity index (χ0v) is 20.3. The van der Waals surface area contributed by atoms with Crippen LogP contribution < -0.4 is 5.32 Å². The molecule has 5 rings (SSSR count). The number of aromatic nitrogens is 1. The number of nitrogens with zero attached hydrogens (tertiary/aromatic N) is 1. The third-order valence-corrected chi connectivity index (χ3v) is 7.89. The first-order valence-electron chi connectivity index (χ1n) is 12.5. The van der Waals surface area contributed by atoms with E-state index < -0.39 is 5.60 Å². The molecule has 3 atom stereocenters. The summed E-state index contributed by atoms with van der Waals surface area (Å²) in [5.74, 6) is 6.32. The SMILES string of the molecule is CC#C[C@@]1(O)CC[C@@]2(Cc3ccccc3)c3ccc(C(=O)NCc4ccccn4)cc3CC[C@@H]2C1. The molecular formula is C31H32N2O2. The van der Waals surface area contributed by atoms with Gasteiger partial charge in [-0.1, -0.05) is 48.4 Å². The lowest BCUT2D eigenvalue weighted by Crippen LogP contribution is -2.51. The van der Waals surface area contributed by atoms with Gasteiger partial charge in [-0.25, -0.2) is 0 Å². The van der Waals surface area contributed by atoms with Gasteiger partial charge in [-0.05, 0) is 92.3 Å². The first kappa shape index (κ1) is 23.3. The summed E-state index contributed by atoms with van der Waals surface area (Å²) >= 11 is 0. The normalized spacial score (nSPS) is 24.9. The number of amides is 1. The third-order valence-electron chi connectivity index (χ3n) is 7.89. The van der Waals surface area contributed by atoms with E-state index in [1.165, 1.54) is 16.7 Å². The lowest BCUT2D eigenvalue weighted by molar-refractivity contribution is -0.00801. The summed E-state index contributed by atoms with van der Waals surface area (Å²) in [6.45, 7) is 2.22. The molecule has 35 heavy (non-hydrogen) atoms. The molecule has 1 fully saturated rings. The molecule has 0 saturated heterocycles. The molecule has 2 N–H and O–H groups in total. The molecule has 2 aromatic carbocycles. The van der Waals surface area contributed by atoms with Crippen LogP contribution in [0.2, 0.25) is 0 Å². The van der Waals surface area contributed by atoms with Crippen molar-refractivity contribution < 1.29 is 9.90 Å². The highest BCUT2D eigenvalue weighted by Crippen LogP contribution is 2.54.